The van der Waals surface area contributed by atoms with E-state index in [1.165, 1.54) is 14.2 Å². The number of hydrogen-bond donors (Lipinski definition) is 2. The first-order valence-corrected chi connectivity index (χ1v) is 18.7. The van der Waals surface area contributed by atoms with Gasteiger partial charge in [-0.3, -0.25) is 9.25 Å². The largest absolute Gasteiger partial charge is 0.494 e. The number of carbonyl (C=O) groups excluding carboxylic acids is 1. The van der Waals surface area contributed by atoms with Crippen LogP contribution in [0, 0.1) is 0 Å². The van der Waals surface area contributed by atoms with E-state index >= 15 is 0 Å². The number of methoxy groups -OCH3 is 1. The van der Waals surface area contributed by atoms with E-state index in [-0.39, 0.29) is 6.09 Å². The summed E-state index contributed by atoms with van der Waals surface area (Å²) in [6.07, 6.45) is 6.88. The van der Waals surface area contributed by atoms with Crippen LogP contribution in [0.1, 0.15) is 26.3 Å². The van der Waals surface area contributed by atoms with Crippen LogP contribution in [0.15, 0.2) is 79.8 Å². The van der Waals surface area contributed by atoms with E-state index in [1.807, 2.05) is 94.8 Å². The number of anilines is 5. The maximum absolute atomic E-state index is 13.9. The molecule has 0 unspecified atom stereocenters. The van der Waals surface area contributed by atoms with Crippen molar-refractivity contribution in [1.29, 1.82) is 0 Å². The molecular weight excluding hydrogens is 693 g/mol. The van der Waals surface area contributed by atoms with Crippen molar-refractivity contribution >= 4 is 64.4 Å². The van der Waals surface area contributed by atoms with Crippen molar-refractivity contribution < 1.29 is 27.9 Å². The van der Waals surface area contributed by atoms with Gasteiger partial charge in [0.1, 0.15) is 17.2 Å². The topological polar surface area (TPSA) is 132 Å². The van der Waals surface area contributed by atoms with Crippen LogP contribution < -0.4 is 25.6 Å². The first-order chi connectivity index (χ1) is 25.4. The second-order valence-corrected chi connectivity index (χ2v) is 15.8. The number of piperazine rings is 1. The van der Waals surface area contributed by atoms with Crippen LogP contribution in [0.2, 0.25) is 0 Å². The van der Waals surface area contributed by atoms with Crippen LogP contribution in [0.3, 0.4) is 0 Å². The number of fused-ring (bicyclic) bond motifs is 1. The molecule has 53 heavy (non-hydrogen) atoms. The van der Waals surface area contributed by atoms with Crippen molar-refractivity contribution in [3.63, 3.8) is 0 Å². The van der Waals surface area contributed by atoms with Gasteiger partial charge in [0.2, 0.25) is 0 Å². The molecule has 5 aromatic rings. The highest BCUT2D eigenvalue weighted by Gasteiger charge is 2.31. The average Bonchev–Trinajstić information content (AvgIpc) is 3.59. The Morgan fingerprint density at radius 2 is 1.66 bits per heavy atom. The van der Waals surface area contributed by atoms with Gasteiger partial charge in [-0.05, 0) is 43.7 Å². The van der Waals surface area contributed by atoms with E-state index in [1.54, 1.807) is 29.0 Å². The number of aryl methyl sites for hydroxylation is 1. The van der Waals surface area contributed by atoms with Gasteiger partial charge in [-0.25, -0.2) is 9.78 Å². The van der Waals surface area contributed by atoms with E-state index in [0.717, 1.165) is 33.2 Å². The second kappa shape index (κ2) is 15.3. The first kappa shape index (κ1) is 37.4. The van der Waals surface area contributed by atoms with E-state index in [9.17, 15) is 9.36 Å². The molecule has 2 N–H and O–H groups in total. The molecule has 0 saturated carbocycles. The number of ether oxygens (including phenoxy) is 2. The summed E-state index contributed by atoms with van der Waals surface area (Å²) in [5, 5.41) is 13.4. The molecule has 14 heteroatoms. The zero-order valence-electron chi connectivity index (χ0n) is 31.2. The Bertz CT molecular complexity index is 2180. The third-order valence-electron chi connectivity index (χ3n) is 8.95. The Morgan fingerprint density at radius 1 is 0.925 bits per heavy atom. The molecule has 0 spiro atoms. The highest BCUT2D eigenvalue weighted by molar-refractivity contribution is 7.63. The lowest BCUT2D eigenvalue weighted by Gasteiger charge is -2.37. The number of amides is 1. The van der Waals surface area contributed by atoms with Crippen LogP contribution in [-0.4, -0.2) is 78.9 Å². The number of benzene rings is 3. The van der Waals surface area contributed by atoms with Crippen LogP contribution in [0.25, 0.3) is 28.0 Å². The summed E-state index contributed by atoms with van der Waals surface area (Å²) in [6.45, 7) is 11.9. The summed E-state index contributed by atoms with van der Waals surface area (Å²) >= 11 is 0. The maximum Gasteiger partial charge on any atom is 0.410 e. The molecule has 1 amide bonds. The first-order valence-electron chi connectivity index (χ1n) is 17.2. The molecule has 6 rings (SSSR count). The number of nitrogens with one attached hydrogen (secondary N) is 2. The monoisotopic (exact) mass is 739 g/mol. The van der Waals surface area contributed by atoms with Gasteiger partial charge in [0, 0.05) is 94.4 Å². The predicted octanol–water partition coefficient (Wildman–Crippen LogP) is 7.94. The normalized spacial score (nSPS) is 13.6. The molecule has 1 aliphatic rings. The fraction of sp³-hybridized carbons (Fsp3) is 0.308. The fourth-order valence-corrected chi connectivity index (χ4v) is 7.78. The molecule has 1 saturated heterocycles. The fourth-order valence-electron chi connectivity index (χ4n) is 6.34. The molecule has 0 bridgehead atoms. The number of carbonyl (C=O) groups is 1. The Morgan fingerprint density at radius 3 is 2.30 bits per heavy atom. The van der Waals surface area contributed by atoms with Crippen LogP contribution in [0.5, 0.6) is 5.75 Å². The Labute approximate surface area is 310 Å². The van der Waals surface area contributed by atoms with Crippen LogP contribution in [-0.2, 0) is 25.4 Å². The Kier molecular flexibility index (Phi) is 10.8. The predicted molar refractivity (Wildman–Crippen MR) is 211 cm³/mol. The van der Waals surface area contributed by atoms with E-state index < -0.39 is 13.2 Å². The number of nitrogens with zero attached hydrogens (tertiary/aromatic N) is 5. The summed E-state index contributed by atoms with van der Waals surface area (Å²) in [6, 6.07) is 17.3. The lowest BCUT2D eigenvalue weighted by molar-refractivity contribution is 0.0240. The number of aromatic nitrogens is 3. The van der Waals surface area contributed by atoms with Gasteiger partial charge in [-0.1, -0.05) is 43.0 Å². The number of hydrogen-bond acceptors (Lipinski definition) is 11. The highest BCUT2D eigenvalue weighted by Crippen LogP contribution is 2.50. The molecule has 0 radical (unpaired) electrons. The molecular formula is C39H46N7O6P. The highest BCUT2D eigenvalue weighted by atomic mass is 31.2. The minimum absolute atomic E-state index is 0.311. The van der Waals surface area contributed by atoms with Crippen molar-refractivity contribution in [2.75, 3.05) is 63.0 Å². The van der Waals surface area contributed by atoms with Gasteiger partial charge in [0.25, 0.3) is 0 Å². The quantitative estimate of drug-likeness (QED) is 0.128. The van der Waals surface area contributed by atoms with E-state index in [0.29, 0.717) is 60.1 Å². The molecule has 0 aliphatic carbocycles. The average molecular weight is 740 g/mol. The molecule has 1 fully saturated rings. The zero-order valence-corrected chi connectivity index (χ0v) is 32.1. The summed E-state index contributed by atoms with van der Waals surface area (Å²) in [5.41, 5.74) is 4.87. The van der Waals surface area contributed by atoms with Gasteiger partial charge in [0.15, 0.2) is 0 Å². The van der Waals surface area contributed by atoms with E-state index in [4.69, 9.17) is 18.5 Å². The number of pyridine rings is 1. The zero-order chi connectivity index (χ0) is 37.9. The molecule has 3 aromatic carbocycles. The molecule has 0 atom stereocenters. The number of rotatable bonds is 11. The summed E-state index contributed by atoms with van der Waals surface area (Å²) in [4.78, 5) is 21.5. The molecule has 1 aliphatic heterocycles. The standard InChI is InChI=1S/C39H46N7O6P/c1-9-26-23-40-36(21-32(26)42-31-15-14-27-12-10-11-13-29(27)37(31)53(48,50-7)51-8)43-33-20-30(28-24-41-44(5)25-28)34(22-35(33)49-6)45-16-18-46(19-17-45)38(47)52-39(2,3)4/h9-15,20-25H,1,16-19H2,2-8H3,(H2,40,42,43). The minimum Gasteiger partial charge on any atom is -0.494 e. The van der Waals surface area contributed by atoms with Gasteiger partial charge in [-0.15, -0.1) is 0 Å². The molecule has 2 aromatic heterocycles. The third-order valence-corrected chi connectivity index (χ3v) is 10.9. The maximum atomic E-state index is 13.9. The van der Waals surface area contributed by atoms with Crippen LogP contribution >= 0.6 is 7.60 Å². The second-order valence-electron chi connectivity index (χ2n) is 13.6. The Hall–Kier alpha value is -5.36. The smallest absolute Gasteiger partial charge is 0.410 e. The summed E-state index contributed by atoms with van der Waals surface area (Å²) < 4.78 is 38.2. The van der Waals surface area contributed by atoms with E-state index in [2.05, 4.69) is 32.2 Å². The van der Waals surface area contributed by atoms with Crippen molar-refractivity contribution in [3.05, 3.63) is 85.3 Å². The van der Waals surface area contributed by atoms with Gasteiger partial charge in [0.05, 0.1) is 35.7 Å². The minimum atomic E-state index is -3.69. The van der Waals surface area contributed by atoms with Crippen LogP contribution in [0.4, 0.5) is 33.4 Å². The van der Waals surface area contributed by atoms with Gasteiger partial charge in [-0.2, -0.15) is 5.10 Å². The molecule has 3 heterocycles. The third kappa shape index (κ3) is 8.02. The van der Waals surface area contributed by atoms with Crippen molar-refractivity contribution in [3.8, 4) is 16.9 Å². The lowest BCUT2D eigenvalue weighted by Crippen LogP contribution is -2.50. The molecule has 278 valence electrons. The summed E-state index contributed by atoms with van der Waals surface area (Å²) in [7, 11) is 2.56. The lowest BCUT2D eigenvalue weighted by atomic mass is 10.0. The van der Waals surface area contributed by atoms with Crippen molar-refractivity contribution in [1.82, 2.24) is 19.7 Å². The van der Waals surface area contributed by atoms with Crippen molar-refractivity contribution in [2.24, 2.45) is 7.05 Å². The van der Waals surface area contributed by atoms with Gasteiger partial charge < -0.3 is 39.0 Å². The molecule has 13 nitrogen and oxygen atoms in total. The van der Waals surface area contributed by atoms with Crippen molar-refractivity contribution in [2.45, 2.75) is 26.4 Å². The summed E-state index contributed by atoms with van der Waals surface area (Å²) in [5.74, 6) is 1.13. The SMILES string of the molecule is C=Cc1cnc(Nc2cc(-c3cnn(C)c3)c(N3CCN(C(=O)OC(C)(C)C)CC3)cc2OC)cc1Nc1ccc2ccccc2c1P(=O)(OC)OC. The Balaban J connectivity index is 1.35. The van der Waals surface area contributed by atoms with Gasteiger partial charge >= 0.3 is 13.7 Å².